The second kappa shape index (κ2) is 5.27. The van der Waals surface area contributed by atoms with E-state index in [1.165, 1.54) is 11.3 Å². The predicted molar refractivity (Wildman–Crippen MR) is 83.2 cm³/mol. The van der Waals surface area contributed by atoms with E-state index in [2.05, 4.69) is 22.6 Å². The minimum atomic E-state index is -0.954. The molecule has 0 fully saturated rings. The molecule has 0 saturated heterocycles. The predicted octanol–water partition coefficient (Wildman–Crippen LogP) is 3.86. The third kappa shape index (κ3) is 2.24. The summed E-state index contributed by atoms with van der Waals surface area (Å²) in [5.74, 6) is -0.954. The monoisotopic (exact) mass is 373 g/mol. The summed E-state index contributed by atoms with van der Waals surface area (Å²) in [5, 5.41) is 9.14. The summed E-state index contributed by atoms with van der Waals surface area (Å²) in [5.41, 5.74) is 8.32. The minimum absolute atomic E-state index is 0.238. The Labute approximate surface area is 123 Å². The maximum absolute atomic E-state index is 11.1. The van der Waals surface area contributed by atoms with Gasteiger partial charge in [-0.3, -0.25) is 0 Å². The van der Waals surface area contributed by atoms with Gasteiger partial charge in [0.15, 0.2) is 0 Å². The van der Waals surface area contributed by atoms with E-state index in [9.17, 15) is 4.79 Å². The lowest BCUT2D eigenvalue weighted by molar-refractivity contribution is 0.0703. The molecule has 2 rings (SSSR count). The van der Waals surface area contributed by atoms with E-state index in [1.54, 1.807) is 0 Å². The molecule has 1 aromatic heterocycles. The molecule has 0 bridgehead atoms. The molecule has 0 unspecified atom stereocenters. The van der Waals surface area contributed by atoms with E-state index >= 15 is 0 Å². The molecule has 0 spiro atoms. The van der Waals surface area contributed by atoms with Crippen LogP contribution in [-0.2, 0) is 6.42 Å². The van der Waals surface area contributed by atoms with Crippen LogP contribution in [0.4, 0.5) is 5.69 Å². The molecule has 1 heterocycles. The van der Waals surface area contributed by atoms with Crippen molar-refractivity contribution in [1.29, 1.82) is 0 Å². The van der Waals surface area contributed by atoms with Gasteiger partial charge in [0.25, 0.3) is 0 Å². The number of carbonyl (C=O) groups is 1. The highest BCUT2D eigenvalue weighted by Crippen LogP contribution is 2.40. The Balaban J connectivity index is 2.68. The molecule has 0 amide bonds. The number of nitrogen functional groups attached to an aromatic ring is 1. The van der Waals surface area contributed by atoms with E-state index in [-0.39, 0.29) is 4.88 Å². The number of thiophene rings is 1. The molecule has 0 saturated carbocycles. The van der Waals surface area contributed by atoms with Gasteiger partial charge < -0.3 is 10.8 Å². The van der Waals surface area contributed by atoms with Crippen molar-refractivity contribution >= 4 is 45.6 Å². The van der Waals surface area contributed by atoms with Crippen LogP contribution in [0.2, 0.25) is 0 Å². The average molecular weight is 373 g/mol. The molecular weight excluding hydrogens is 361 g/mol. The highest BCUT2D eigenvalue weighted by atomic mass is 127. The maximum Gasteiger partial charge on any atom is 0.348 e. The van der Waals surface area contributed by atoms with Gasteiger partial charge in [-0.05, 0) is 40.6 Å². The van der Waals surface area contributed by atoms with Crippen LogP contribution in [0.15, 0.2) is 24.3 Å². The van der Waals surface area contributed by atoms with Crippen LogP contribution in [0.25, 0.3) is 10.4 Å². The molecular formula is C13H12INO2S. The van der Waals surface area contributed by atoms with Crippen LogP contribution in [0.5, 0.6) is 0 Å². The van der Waals surface area contributed by atoms with Crippen LogP contribution in [0.1, 0.15) is 22.2 Å². The zero-order valence-corrected chi connectivity index (χ0v) is 12.7. The lowest BCUT2D eigenvalue weighted by atomic mass is 10.1. The summed E-state index contributed by atoms with van der Waals surface area (Å²) in [6.45, 7) is 1.99. The van der Waals surface area contributed by atoms with Crippen molar-refractivity contribution in [1.82, 2.24) is 0 Å². The number of carboxylic acids is 1. The average Bonchev–Trinajstić information content (AvgIpc) is 2.67. The Morgan fingerprint density at radius 3 is 2.67 bits per heavy atom. The van der Waals surface area contributed by atoms with Crippen molar-refractivity contribution in [2.45, 2.75) is 13.3 Å². The van der Waals surface area contributed by atoms with Crippen molar-refractivity contribution in [3.63, 3.8) is 0 Å². The van der Waals surface area contributed by atoms with Crippen molar-refractivity contribution in [2.75, 3.05) is 5.73 Å². The number of hydrogen-bond donors (Lipinski definition) is 2. The minimum Gasteiger partial charge on any atom is -0.477 e. The van der Waals surface area contributed by atoms with Crippen molar-refractivity contribution in [3.05, 3.63) is 38.3 Å². The molecule has 2 aromatic rings. The number of benzene rings is 1. The molecule has 0 aliphatic heterocycles. The zero-order valence-electron chi connectivity index (χ0n) is 9.74. The summed E-state index contributed by atoms with van der Waals surface area (Å²) >= 11 is 3.51. The fourth-order valence-electron chi connectivity index (χ4n) is 1.85. The topological polar surface area (TPSA) is 63.3 Å². The van der Waals surface area contributed by atoms with Gasteiger partial charge >= 0.3 is 5.97 Å². The van der Waals surface area contributed by atoms with Gasteiger partial charge in [-0.25, -0.2) is 4.79 Å². The highest BCUT2D eigenvalue weighted by molar-refractivity contribution is 14.1. The van der Waals surface area contributed by atoms with Gasteiger partial charge in [0.1, 0.15) is 4.88 Å². The third-order valence-corrected chi connectivity index (χ3v) is 4.92. The fraction of sp³-hybridized carbons (Fsp3) is 0.154. The van der Waals surface area contributed by atoms with Gasteiger partial charge in [-0.1, -0.05) is 25.1 Å². The molecule has 0 aliphatic rings. The van der Waals surface area contributed by atoms with E-state index in [1.807, 2.05) is 31.2 Å². The maximum atomic E-state index is 11.1. The molecule has 3 N–H and O–H groups in total. The van der Waals surface area contributed by atoms with Gasteiger partial charge in [0.05, 0.1) is 5.69 Å². The first-order valence-electron chi connectivity index (χ1n) is 5.45. The van der Waals surface area contributed by atoms with E-state index < -0.39 is 5.97 Å². The van der Waals surface area contributed by atoms with Crippen LogP contribution in [0, 0.1) is 3.57 Å². The number of carboxylic acid groups (broad SMARTS) is 1. The van der Waals surface area contributed by atoms with Crippen LogP contribution < -0.4 is 5.73 Å². The fourth-order valence-corrected chi connectivity index (χ4v) is 3.88. The summed E-state index contributed by atoms with van der Waals surface area (Å²) in [6.07, 6.45) is 0.732. The summed E-state index contributed by atoms with van der Waals surface area (Å²) in [6, 6.07) is 7.92. The second-order valence-corrected chi connectivity index (χ2v) is 5.97. The summed E-state index contributed by atoms with van der Waals surface area (Å²) in [4.78, 5) is 12.4. The normalized spacial score (nSPS) is 10.6. The molecule has 0 atom stereocenters. The Morgan fingerprint density at radius 1 is 1.44 bits per heavy atom. The third-order valence-electron chi connectivity index (χ3n) is 2.71. The second-order valence-electron chi connectivity index (χ2n) is 3.79. The molecule has 0 radical (unpaired) electrons. The van der Waals surface area contributed by atoms with Gasteiger partial charge in [0, 0.05) is 14.0 Å². The number of aromatic carboxylic acids is 1. The number of anilines is 1. The first-order chi connectivity index (χ1) is 8.56. The molecule has 0 aliphatic carbocycles. The molecule has 94 valence electrons. The lowest BCUT2D eigenvalue weighted by Gasteiger charge is -2.04. The standard InChI is InChI=1S/C13H12INO2S/c1-2-7-10(15)12(13(16)17)18-11(7)8-5-3-4-6-9(8)14/h3-6H,2,15H2,1H3,(H,16,17). The number of rotatable bonds is 3. The van der Waals surface area contributed by atoms with Crippen molar-refractivity contribution < 1.29 is 9.90 Å². The molecule has 5 heteroatoms. The number of hydrogen-bond acceptors (Lipinski definition) is 3. The van der Waals surface area contributed by atoms with E-state index in [0.29, 0.717) is 5.69 Å². The van der Waals surface area contributed by atoms with Crippen LogP contribution in [-0.4, -0.2) is 11.1 Å². The Bertz CT molecular complexity index is 607. The Kier molecular flexibility index (Phi) is 3.91. The largest absolute Gasteiger partial charge is 0.477 e. The molecule has 1 aromatic carbocycles. The van der Waals surface area contributed by atoms with Gasteiger partial charge in [-0.2, -0.15) is 0 Å². The van der Waals surface area contributed by atoms with Gasteiger partial charge in [-0.15, -0.1) is 11.3 Å². The molecule has 3 nitrogen and oxygen atoms in total. The van der Waals surface area contributed by atoms with E-state index in [4.69, 9.17) is 10.8 Å². The van der Waals surface area contributed by atoms with Crippen molar-refractivity contribution in [2.24, 2.45) is 0 Å². The number of halogens is 1. The first kappa shape index (κ1) is 13.4. The smallest absolute Gasteiger partial charge is 0.348 e. The van der Waals surface area contributed by atoms with Gasteiger partial charge in [0.2, 0.25) is 0 Å². The highest BCUT2D eigenvalue weighted by Gasteiger charge is 2.21. The zero-order chi connectivity index (χ0) is 13.3. The quantitative estimate of drug-likeness (QED) is 0.804. The van der Waals surface area contributed by atoms with Crippen LogP contribution in [0.3, 0.4) is 0 Å². The van der Waals surface area contributed by atoms with Crippen molar-refractivity contribution in [3.8, 4) is 10.4 Å². The Morgan fingerprint density at radius 2 is 2.11 bits per heavy atom. The van der Waals surface area contributed by atoms with Crippen LogP contribution >= 0.6 is 33.9 Å². The lowest BCUT2D eigenvalue weighted by Crippen LogP contribution is -1.99. The van der Waals surface area contributed by atoms with E-state index in [0.717, 1.165) is 26.0 Å². The summed E-state index contributed by atoms with van der Waals surface area (Å²) in [7, 11) is 0. The summed E-state index contributed by atoms with van der Waals surface area (Å²) < 4.78 is 1.10. The Hall–Kier alpha value is -1.08. The number of nitrogens with two attached hydrogens (primary N) is 1. The molecule has 18 heavy (non-hydrogen) atoms. The SMILES string of the molecule is CCc1c(-c2ccccc2I)sc(C(=O)O)c1N. The first-order valence-corrected chi connectivity index (χ1v) is 7.35.